The number of hydrogen-bond donors (Lipinski definition) is 1. The van der Waals surface area contributed by atoms with Crippen molar-refractivity contribution in [2.24, 2.45) is 11.8 Å². The Labute approximate surface area is 130 Å². The monoisotopic (exact) mass is 359 g/mol. The number of sulfonamides is 1. The minimum Gasteiger partial charge on any atom is -0.211 e. The van der Waals surface area contributed by atoms with Crippen LogP contribution in [0, 0.1) is 18.8 Å². The van der Waals surface area contributed by atoms with Crippen molar-refractivity contribution in [1.29, 1.82) is 0 Å². The number of hydrogen-bond acceptors (Lipinski definition) is 2. The zero-order chi connectivity index (χ0) is 14.8. The summed E-state index contributed by atoms with van der Waals surface area (Å²) in [6, 6.07) is 5.31. The fourth-order valence-electron chi connectivity index (χ4n) is 2.81. The summed E-state index contributed by atoms with van der Waals surface area (Å²) in [7, 11) is -3.43. The molecule has 5 heteroatoms. The molecule has 1 aromatic rings. The molecule has 0 aliphatic heterocycles. The highest BCUT2D eigenvalue weighted by atomic mass is 79.9. The number of nitrogens with one attached hydrogen (secondary N) is 1. The molecule has 112 valence electrons. The molecule has 2 rings (SSSR count). The van der Waals surface area contributed by atoms with Gasteiger partial charge in [-0.15, -0.1) is 0 Å². The standard InChI is InChI=1S/C15H22BrNO2S/c1-11-7-8-15(14(16)9-11)20(18,19)17-10-13-6-4-3-5-12(13)2/h7-9,12-13,17H,3-6,10H2,1-2H3. The molecule has 20 heavy (non-hydrogen) atoms. The van der Waals surface area contributed by atoms with Crippen LogP contribution in [0.4, 0.5) is 0 Å². The van der Waals surface area contributed by atoms with Crippen LogP contribution in [0.2, 0.25) is 0 Å². The van der Waals surface area contributed by atoms with Crippen molar-refractivity contribution < 1.29 is 8.42 Å². The highest BCUT2D eigenvalue weighted by Crippen LogP contribution is 2.29. The van der Waals surface area contributed by atoms with Crippen LogP contribution in [0.25, 0.3) is 0 Å². The molecule has 0 radical (unpaired) electrons. The van der Waals surface area contributed by atoms with E-state index in [0.717, 1.165) is 12.0 Å². The van der Waals surface area contributed by atoms with Crippen molar-refractivity contribution >= 4 is 26.0 Å². The van der Waals surface area contributed by atoms with Crippen LogP contribution in [0.5, 0.6) is 0 Å². The normalized spacial score (nSPS) is 23.8. The lowest BCUT2D eigenvalue weighted by atomic mass is 9.81. The molecule has 0 amide bonds. The van der Waals surface area contributed by atoms with Crippen LogP contribution in [0.15, 0.2) is 27.6 Å². The van der Waals surface area contributed by atoms with E-state index in [1.54, 1.807) is 6.07 Å². The summed E-state index contributed by atoms with van der Waals surface area (Å²) in [5, 5.41) is 0. The highest BCUT2D eigenvalue weighted by molar-refractivity contribution is 9.10. The number of halogens is 1. The quantitative estimate of drug-likeness (QED) is 0.886. The summed E-state index contributed by atoms with van der Waals surface area (Å²) in [4.78, 5) is 0.326. The molecule has 1 fully saturated rings. The first-order valence-electron chi connectivity index (χ1n) is 7.16. The van der Waals surface area contributed by atoms with Gasteiger partial charge in [-0.25, -0.2) is 13.1 Å². The van der Waals surface area contributed by atoms with E-state index in [-0.39, 0.29) is 0 Å². The summed E-state index contributed by atoms with van der Waals surface area (Å²) in [6.07, 6.45) is 4.82. The molecule has 2 atom stereocenters. The second kappa shape index (κ2) is 6.58. The van der Waals surface area contributed by atoms with Gasteiger partial charge in [0, 0.05) is 11.0 Å². The highest BCUT2D eigenvalue weighted by Gasteiger charge is 2.24. The topological polar surface area (TPSA) is 46.2 Å². The SMILES string of the molecule is Cc1ccc(S(=O)(=O)NCC2CCCCC2C)c(Br)c1. The van der Waals surface area contributed by atoms with Crippen LogP contribution < -0.4 is 4.72 Å². The van der Waals surface area contributed by atoms with Crippen molar-refractivity contribution in [2.45, 2.75) is 44.4 Å². The van der Waals surface area contributed by atoms with Crippen LogP contribution in [-0.2, 0) is 10.0 Å². The average Bonchev–Trinajstić information content (AvgIpc) is 2.37. The fourth-order valence-corrected chi connectivity index (χ4v) is 5.10. The molecule has 1 aliphatic carbocycles. The molecule has 2 unspecified atom stereocenters. The Kier molecular flexibility index (Phi) is 5.26. The lowest BCUT2D eigenvalue weighted by Crippen LogP contribution is -2.33. The van der Waals surface area contributed by atoms with Gasteiger partial charge in [0.2, 0.25) is 10.0 Å². The third-order valence-electron chi connectivity index (χ3n) is 4.20. The minimum atomic E-state index is -3.43. The molecular formula is C15H22BrNO2S. The predicted octanol–water partition coefficient (Wildman–Crippen LogP) is 3.86. The Bertz CT molecular complexity index is 571. The minimum absolute atomic E-state index is 0.326. The molecule has 1 saturated carbocycles. The van der Waals surface area contributed by atoms with Gasteiger partial charge < -0.3 is 0 Å². The molecular weight excluding hydrogens is 338 g/mol. The van der Waals surface area contributed by atoms with Gasteiger partial charge >= 0.3 is 0 Å². The van der Waals surface area contributed by atoms with E-state index in [0.29, 0.717) is 27.7 Å². The molecule has 1 aliphatic rings. The van der Waals surface area contributed by atoms with E-state index in [1.165, 1.54) is 19.3 Å². The molecule has 1 aromatic carbocycles. The van der Waals surface area contributed by atoms with Crippen LogP contribution in [-0.4, -0.2) is 15.0 Å². The zero-order valence-corrected chi connectivity index (χ0v) is 14.4. The Hall–Kier alpha value is -0.390. The molecule has 0 spiro atoms. The van der Waals surface area contributed by atoms with Crippen molar-refractivity contribution in [1.82, 2.24) is 4.72 Å². The Morgan fingerprint density at radius 3 is 2.65 bits per heavy atom. The van der Waals surface area contributed by atoms with Crippen LogP contribution in [0.1, 0.15) is 38.2 Å². The van der Waals surface area contributed by atoms with Crippen molar-refractivity contribution in [3.63, 3.8) is 0 Å². The molecule has 0 aromatic heterocycles. The third kappa shape index (κ3) is 3.83. The van der Waals surface area contributed by atoms with E-state index in [9.17, 15) is 8.42 Å². The van der Waals surface area contributed by atoms with Gasteiger partial charge in [-0.2, -0.15) is 0 Å². The molecule has 0 saturated heterocycles. The Morgan fingerprint density at radius 2 is 2.00 bits per heavy atom. The van der Waals surface area contributed by atoms with E-state index in [4.69, 9.17) is 0 Å². The summed E-state index contributed by atoms with van der Waals surface area (Å²) in [6.45, 7) is 4.71. The molecule has 1 N–H and O–H groups in total. The number of rotatable bonds is 4. The van der Waals surface area contributed by atoms with E-state index in [1.807, 2.05) is 19.1 Å². The first-order chi connectivity index (χ1) is 9.40. The lowest BCUT2D eigenvalue weighted by Gasteiger charge is -2.28. The molecule has 3 nitrogen and oxygen atoms in total. The van der Waals surface area contributed by atoms with Crippen molar-refractivity contribution in [3.8, 4) is 0 Å². The van der Waals surface area contributed by atoms with E-state index < -0.39 is 10.0 Å². The maximum atomic E-state index is 12.4. The largest absolute Gasteiger partial charge is 0.241 e. The van der Waals surface area contributed by atoms with Gasteiger partial charge in [-0.3, -0.25) is 0 Å². The first-order valence-corrected chi connectivity index (χ1v) is 9.43. The average molecular weight is 360 g/mol. The van der Waals surface area contributed by atoms with Gasteiger partial charge in [-0.05, 0) is 58.8 Å². The summed E-state index contributed by atoms with van der Waals surface area (Å²) >= 11 is 3.34. The van der Waals surface area contributed by atoms with Gasteiger partial charge in [0.05, 0.1) is 4.90 Å². The summed E-state index contributed by atoms with van der Waals surface area (Å²) in [5.74, 6) is 1.07. The smallest absolute Gasteiger partial charge is 0.211 e. The maximum Gasteiger partial charge on any atom is 0.241 e. The maximum absolute atomic E-state index is 12.4. The number of benzene rings is 1. The van der Waals surface area contributed by atoms with E-state index in [2.05, 4.69) is 27.6 Å². The molecule has 0 heterocycles. The van der Waals surface area contributed by atoms with Gasteiger partial charge in [0.15, 0.2) is 0 Å². The van der Waals surface area contributed by atoms with Crippen LogP contribution >= 0.6 is 15.9 Å². The lowest BCUT2D eigenvalue weighted by molar-refractivity contribution is 0.257. The summed E-state index contributed by atoms with van der Waals surface area (Å²) < 4.78 is 28.1. The Morgan fingerprint density at radius 1 is 1.30 bits per heavy atom. The predicted molar refractivity (Wildman–Crippen MR) is 85.2 cm³/mol. The van der Waals surface area contributed by atoms with Gasteiger partial charge in [-0.1, -0.05) is 32.3 Å². The number of aryl methyl sites for hydroxylation is 1. The Balaban J connectivity index is 2.07. The van der Waals surface area contributed by atoms with E-state index >= 15 is 0 Å². The van der Waals surface area contributed by atoms with Crippen molar-refractivity contribution in [3.05, 3.63) is 28.2 Å². The summed E-state index contributed by atoms with van der Waals surface area (Å²) in [5.41, 5.74) is 1.04. The van der Waals surface area contributed by atoms with Gasteiger partial charge in [0.1, 0.15) is 0 Å². The second-order valence-electron chi connectivity index (χ2n) is 5.81. The first kappa shape index (κ1) is 16.0. The zero-order valence-electron chi connectivity index (χ0n) is 12.0. The van der Waals surface area contributed by atoms with Crippen LogP contribution in [0.3, 0.4) is 0 Å². The van der Waals surface area contributed by atoms with Gasteiger partial charge in [0.25, 0.3) is 0 Å². The third-order valence-corrected chi connectivity index (χ3v) is 6.60. The second-order valence-corrected chi connectivity index (χ2v) is 8.40. The fraction of sp³-hybridized carbons (Fsp3) is 0.600. The van der Waals surface area contributed by atoms with Crippen molar-refractivity contribution in [2.75, 3.05) is 6.54 Å². The molecule has 0 bridgehead atoms.